The van der Waals surface area contributed by atoms with Crippen molar-refractivity contribution in [1.29, 1.82) is 0 Å². The fraction of sp³-hybridized carbons (Fsp3) is 0.222. The summed E-state index contributed by atoms with van der Waals surface area (Å²) in [5, 5.41) is 15.4. The van der Waals surface area contributed by atoms with Crippen LogP contribution in [0.15, 0.2) is 47.6 Å². The third-order valence-electron chi connectivity index (χ3n) is 4.07. The first-order valence-electron chi connectivity index (χ1n) is 8.47. The van der Waals surface area contributed by atoms with Crippen molar-refractivity contribution >= 4 is 29.3 Å². The lowest BCUT2D eigenvalue weighted by molar-refractivity contribution is -0.120. The highest BCUT2D eigenvalue weighted by atomic mass is 35.5. The van der Waals surface area contributed by atoms with Crippen molar-refractivity contribution in [3.05, 3.63) is 53.1 Å². The van der Waals surface area contributed by atoms with Crippen LogP contribution < -0.4 is 14.8 Å². The number of fused-ring (bicyclic) bond motifs is 1. The van der Waals surface area contributed by atoms with Crippen molar-refractivity contribution in [2.75, 3.05) is 6.79 Å². The molecule has 0 aliphatic carbocycles. The molecule has 0 spiro atoms. The van der Waals surface area contributed by atoms with Gasteiger partial charge in [-0.2, -0.15) is 4.68 Å². The second kappa shape index (κ2) is 8.07. The van der Waals surface area contributed by atoms with Crippen molar-refractivity contribution in [3.63, 3.8) is 0 Å². The third-order valence-corrected chi connectivity index (χ3v) is 5.35. The number of carbonyl (C=O) groups is 1. The van der Waals surface area contributed by atoms with Crippen LogP contribution >= 0.6 is 23.4 Å². The minimum Gasteiger partial charge on any atom is -0.454 e. The van der Waals surface area contributed by atoms with Gasteiger partial charge in [-0.15, -0.1) is 5.10 Å². The SMILES string of the molecule is CC(Sc1nnnn1-c1ccc(Cl)cc1)C(=O)NCc1ccc2c(c1)OCO2. The van der Waals surface area contributed by atoms with Gasteiger partial charge in [0.05, 0.1) is 10.9 Å². The Morgan fingerprint density at radius 3 is 2.86 bits per heavy atom. The fourth-order valence-electron chi connectivity index (χ4n) is 2.59. The first kappa shape index (κ1) is 18.6. The number of nitrogens with zero attached hydrogens (tertiary/aromatic N) is 4. The number of hydrogen-bond donors (Lipinski definition) is 1. The molecule has 1 atom stereocenters. The third kappa shape index (κ3) is 4.05. The van der Waals surface area contributed by atoms with Crippen LogP contribution in [-0.4, -0.2) is 38.2 Å². The molecule has 8 nitrogen and oxygen atoms in total. The van der Waals surface area contributed by atoms with Crippen LogP contribution in [0.3, 0.4) is 0 Å². The molecule has 10 heteroatoms. The van der Waals surface area contributed by atoms with Gasteiger partial charge < -0.3 is 14.8 Å². The minimum atomic E-state index is -0.383. The Morgan fingerprint density at radius 2 is 2.04 bits per heavy atom. The Kier molecular flexibility index (Phi) is 5.36. The van der Waals surface area contributed by atoms with Crippen molar-refractivity contribution in [2.45, 2.75) is 23.9 Å². The van der Waals surface area contributed by atoms with E-state index < -0.39 is 0 Å². The van der Waals surface area contributed by atoms with E-state index in [0.717, 1.165) is 11.3 Å². The van der Waals surface area contributed by atoms with Gasteiger partial charge in [0.2, 0.25) is 17.9 Å². The molecule has 1 unspecified atom stereocenters. The number of tetrazole rings is 1. The highest BCUT2D eigenvalue weighted by molar-refractivity contribution is 8.00. The number of benzene rings is 2. The highest BCUT2D eigenvalue weighted by Crippen LogP contribution is 2.32. The lowest BCUT2D eigenvalue weighted by Gasteiger charge is -2.12. The predicted octanol–water partition coefficient (Wildman–Crippen LogP) is 2.84. The second-order valence-corrected chi connectivity index (χ2v) is 7.76. The van der Waals surface area contributed by atoms with Crippen LogP contribution in [-0.2, 0) is 11.3 Å². The molecular formula is C18H16ClN5O3S. The number of ether oxygens (including phenoxy) is 2. The molecule has 2 aromatic carbocycles. The maximum Gasteiger partial charge on any atom is 0.233 e. The van der Waals surface area contributed by atoms with E-state index in [1.807, 2.05) is 30.3 Å². The zero-order chi connectivity index (χ0) is 19.5. The number of halogens is 1. The van der Waals surface area contributed by atoms with E-state index in [1.165, 1.54) is 11.8 Å². The van der Waals surface area contributed by atoms with E-state index in [9.17, 15) is 4.79 Å². The summed E-state index contributed by atoms with van der Waals surface area (Å²) in [5.41, 5.74) is 1.70. The van der Waals surface area contributed by atoms with Crippen molar-refractivity contribution < 1.29 is 14.3 Å². The summed E-state index contributed by atoms with van der Waals surface area (Å²) in [7, 11) is 0. The van der Waals surface area contributed by atoms with Crippen LogP contribution in [0.2, 0.25) is 5.02 Å². The summed E-state index contributed by atoms with van der Waals surface area (Å²) in [4.78, 5) is 12.5. The number of carbonyl (C=O) groups excluding carboxylic acids is 1. The predicted molar refractivity (Wildman–Crippen MR) is 104 cm³/mol. The summed E-state index contributed by atoms with van der Waals surface area (Å²) in [6.45, 7) is 2.42. The molecule has 0 saturated heterocycles. The molecule has 1 amide bonds. The van der Waals surface area contributed by atoms with E-state index in [2.05, 4.69) is 20.8 Å². The number of amides is 1. The lowest BCUT2D eigenvalue weighted by Crippen LogP contribution is -2.30. The molecule has 144 valence electrons. The van der Waals surface area contributed by atoms with E-state index in [-0.39, 0.29) is 18.0 Å². The molecule has 1 aromatic heterocycles. The Labute approximate surface area is 170 Å². The smallest absolute Gasteiger partial charge is 0.233 e. The van der Waals surface area contributed by atoms with Gasteiger partial charge in [0.25, 0.3) is 0 Å². The number of hydrogen-bond acceptors (Lipinski definition) is 7. The van der Waals surface area contributed by atoms with Crippen molar-refractivity contribution in [2.24, 2.45) is 0 Å². The maximum atomic E-state index is 12.5. The van der Waals surface area contributed by atoms with E-state index >= 15 is 0 Å². The lowest BCUT2D eigenvalue weighted by atomic mass is 10.2. The number of thioether (sulfide) groups is 1. The number of aromatic nitrogens is 4. The molecule has 1 aliphatic heterocycles. The average molecular weight is 418 g/mol. The Morgan fingerprint density at radius 1 is 1.25 bits per heavy atom. The first-order valence-corrected chi connectivity index (χ1v) is 9.73. The Balaban J connectivity index is 1.37. The van der Waals surface area contributed by atoms with Gasteiger partial charge in [0.15, 0.2) is 11.5 Å². The normalized spacial score (nSPS) is 13.4. The highest BCUT2D eigenvalue weighted by Gasteiger charge is 2.20. The quantitative estimate of drug-likeness (QED) is 0.616. The van der Waals surface area contributed by atoms with E-state index in [1.54, 1.807) is 23.7 Å². The topological polar surface area (TPSA) is 91.2 Å². The molecule has 0 fully saturated rings. The Hall–Kier alpha value is -2.78. The summed E-state index contributed by atoms with van der Waals surface area (Å²) < 4.78 is 12.2. The Bertz CT molecular complexity index is 995. The summed E-state index contributed by atoms with van der Waals surface area (Å²) >= 11 is 7.20. The van der Waals surface area contributed by atoms with Crippen LogP contribution in [0.25, 0.3) is 5.69 Å². The van der Waals surface area contributed by atoms with Gasteiger partial charge >= 0.3 is 0 Å². The average Bonchev–Trinajstić information content (AvgIpc) is 3.35. The number of rotatable bonds is 6. The van der Waals surface area contributed by atoms with Gasteiger partial charge in [-0.3, -0.25) is 4.79 Å². The first-order chi connectivity index (χ1) is 13.6. The molecule has 4 rings (SSSR count). The minimum absolute atomic E-state index is 0.117. The molecule has 3 aromatic rings. The van der Waals surface area contributed by atoms with Gasteiger partial charge in [-0.25, -0.2) is 0 Å². The van der Waals surface area contributed by atoms with Gasteiger partial charge in [0, 0.05) is 11.6 Å². The van der Waals surface area contributed by atoms with Crippen molar-refractivity contribution in [3.8, 4) is 17.2 Å². The molecule has 0 radical (unpaired) electrons. The standard InChI is InChI=1S/C18H16ClN5O3S/c1-11(17(25)20-9-12-2-7-15-16(8-12)27-10-26-15)28-18-21-22-23-24(18)14-5-3-13(19)4-6-14/h2-8,11H,9-10H2,1H3,(H,20,25). The fourth-order valence-corrected chi connectivity index (χ4v) is 3.55. The summed E-state index contributed by atoms with van der Waals surface area (Å²) in [5.74, 6) is 1.29. The zero-order valence-corrected chi connectivity index (χ0v) is 16.4. The molecule has 0 saturated carbocycles. The van der Waals surface area contributed by atoms with Gasteiger partial charge in [-0.1, -0.05) is 29.4 Å². The molecule has 1 N–H and O–H groups in total. The summed E-state index contributed by atoms with van der Waals surface area (Å²) in [6.07, 6.45) is 0. The zero-order valence-electron chi connectivity index (χ0n) is 14.8. The molecule has 28 heavy (non-hydrogen) atoms. The molecule has 0 bridgehead atoms. The largest absolute Gasteiger partial charge is 0.454 e. The molecule has 1 aliphatic rings. The van der Waals surface area contributed by atoms with E-state index in [0.29, 0.717) is 28.2 Å². The molecular weight excluding hydrogens is 402 g/mol. The van der Waals surface area contributed by atoms with Crippen molar-refractivity contribution in [1.82, 2.24) is 25.5 Å². The van der Waals surface area contributed by atoms with Gasteiger partial charge in [-0.05, 0) is 59.3 Å². The maximum absolute atomic E-state index is 12.5. The molecule has 2 heterocycles. The van der Waals surface area contributed by atoms with Crippen LogP contribution in [0.4, 0.5) is 0 Å². The summed E-state index contributed by atoms with van der Waals surface area (Å²) in [6, 6.07) is 12.7. The van der Waals surface area contributed by atoms with Crippen LogP contribution in [0, 0.1) is 0 Å². The monoisotopic (exact) mass is 417 g/mol. The number of nitrogens with one attached hydrogen (secondary N) is 1. The van der Waals surface area contributed by atoms with Gasteiger partial charge in [0.1, 0.15) is 0 Å². The van der Waals surface area contributed by atoms with E-state index in [4.69, 9.17) is 21.1 Å². The van der Waals surface area contributed by atoms with Crippen LogP contribution in [0.5, 0.6) is 11.5 Å². The second-order valence-electron chi connectivity index (χ2n) is 6.02. The van der Waals surface area contributed by atoms with Crippen LogP contribution in [0.1, 0.15) is 12.5 Å².